The standard InChI is InChI=1S/C12H10Br4O4/c13-7(9(15)11(17)18)5-2-1-3-6(4-5)8(14)10(16)12(19)20/h1-4,7-10H,(H,17,18)(H,19,20)/t7-,8-,9-,10-/m1/s1. The summed E-state index contributed by atoms with van der Waals surface area (Å²) in [5.41, 5.74) is 1.50. The number of alkyl halides is 4. The normalized spacial score (nSPS) is 17.0. The summed E-state index contributed by atoms with van der Waals surface area (Å²) in [6.45, 7) is 0. The highest BCUT2D eigenvalue weighted by atomic mass is 79.9. The van der Waals surface area contributed by atoms with Crippen LogP contribution < -0.4 is 0 Å². The van der Waals surface area contributed by atoms with Gasteiger partial charge in [0.05, 0.1) is 9.65 Å². The largest absolute Gasteiger partial charge is 0.480 e. The first-order valence-electron chi connectivity index (χ1n) is 5.37. The van der Waals surface area contributed by atoms with E-state index in [0.29, 0.717) is 0 Å². The number of carbonyl (C=O) groups is 2. The van der Waals surface area contributed by atoms with Gasteiger partial charge in [-0.15, -0.1) is 0 Å². The average molecular weight is 538 g/mol. The predicted molar refractivity (Wildman–Crippen MR) is 90.5 cm³/mol. The van der Waals surface area contributed by atoms with Crippen LogP contribution in [0.3, 0.4) is 0 Å². The molecule has 1 aromatic rings. The van der Waals surface area contributed by atoms with E-state index in [1.54, 1.807) is 24.3 Å². The Morgan fingerprint density at radius 1 is 0.850 bits per heavy atom. The van der Waals surface area contributed by atoms with E-state index in [1.807, 2.05) is 0 Å². The summed E-state index contributed by atoms with van der Waals surface area (Å²) in [5.74, 6) is -1.95. The Morgan fingerprint density at radius 2 is 1.20 bits per heavy atom. The van der Waals surface area contributed by atoms with Crippen LogP contribution in [0.15, 0.2) is 24.3 Å². The number of halogens is 4. The van der Waals surface area contributed by atoms with Crippen molar-refractivity contribution in [1.29, 1.82) is 0 Å². The van der Waals surface area contributed by atoms with Gasteiger partial charge in [0.2, 0.25) is 0 Å². The number of rotatable bonds is 6. The van der Waals surface area contributed by atoms with Gasteiger partial charge in [-0.1, -0.05) is 88.0 Å². The molecule has 4 nitrogen and oxygen atoms in total. The minimum Gasteiger partial charge on any atom is -0.480 e. The number of hydrogen-bond donors (Lipinski definition) is 2. The number of hydrogen-bond acceptors (Lipinski definition) is 2. The molecule has 1 aromatic carbocycles. The van der Waals surface area contributed by atoms with Gasteiger partial charge in [-0.05, 0) is 11.1 Å². The molecule has 1 rings (SSSR count). The molecule has 0 aliphatic rings. The van der Waals surface area contributed by atoms with Crippen LogP contribution in [0.5, 0.6) is 0 Å². The third-order valence-electron chi connectivity index (χ3n) is 2.53. The maximum absolute atomic E-state index is 11.0. The molecule has 0 saturated heterocycles. The maximum atomic E-state index is 11.0. The minimum absolute atomic E-state index is 0.418. The van der Waals surface area contributed by atoms with Crippen LogP contribution >= 0.6 is 63.7 Å². The molecule has 0 radical (unpaired) electrons. The van der Waals surface area contributed by atoms with E-state index >= 15 is 0 Å². The van der Waals surface area contributed by atoms with Crippen LogP contribution in [-0.2, 0) is 9.59 Å². The van der Waals surface area contributed by atoms with Gasteiger partial charge in [0.1, 0.15) is 9.65 Å². The average Bonchev–Trinajstić information content (AvgIpc) is 2.43. The maximum Gasteiger partial charge on any atom is 0.318 e. The van der Waals surface area contributed by atoms with Crippen molar-refractivity contribution >= 4 is 75.7 Å². The van der Waals surface area contributed by atoms with Crippen LogP contribution in [-0.4, -0.2) is 31.8 Å². The molecule has 110 valence electrons. The smallest absolute Gasteiger partial charge is 0.318 e. The van der Waals surface area contributed by atoms with E-state index in [2.05, 4.69) is 63.7 Å². The molecule has 2 N–H and O–H groups in total. The zero-order valence-electron chi connectivity index (χ0n) is 9.84. The highest BCUT2D eigenvalue weighted by Crippen LogP contribution is 2.36. The summed E-state index contributed by atoms with van der Waals surface area (Å²) in [5, 5.41) is 18.0. The van der Waals surface area contributed by atoms with Crippen molar-refractivity contribution in [2.24, 2.45) is 0 Å². The number of aliphatic carboxylic acids is 2. The molecule has 0 unspecified atom stereocenters. The molecule has 4 atom stereocenters. The summed E-state index contributed by atoms with van der Waals surface area (Å²) in [7, 11) is 0. The molecule has 20 heavy (non-hydrogen) atoms. The van der Waals surface area contributed by atoms with E-state index in [-0.39, 0.29) is 0 Å². The fourth-order valence-electron chi connectivity index (χ4n) is 1.49. The van der Waals surface area contributed by atoms with E-state index in [1.165, 1.54) is 0 Å². The molecule has 0 bridgehead atoms. The Balaban J connectivity index is 3.01. The Hall–Kier alpha value is 0.0800. The topological polar surface area (TPSA) is 74.6 Å². The lowest BCUT2D eigenvalue weighted by atomic mass is 10.0. The van der Waals surface area contributed by atoms with Crippen molar-refractivity contribution < 1.29 is 19.8 Å². The van der Waals surface area contributed by atoms with Crippen LogP contribution in [0.4, 0.5) is 0 Å². The molecule has 0 heterocycles. The van der Waals surface area contributed by atoms with Gasteiger partial charge in [-0.2, -0.15) is 0 Å². The molecule has 0 saturated carbocycles. The van der Waals surface area contributed by atoms with E-state index in [4.69, 9.17) is 10.2 Å². The summed E-state index contributed by atoms with van der Waals surface area (Å²) in [6.07, 6.45) is 0. The quantitative estimate of drug-likeness (QED) is 0.532. The Bertz CT molecular complexity index is 467. The van der Waals surface area contributed by atoms with Crippen molar-refractivity contribution in [1.82, 2.24) is 0 Å². The van der Waals surface area contributed by atoms with Crippen LogP contribution in [0.1, 0.15) is 20.8 Å². The second-order valence-electron chi connectivity index (χ2n) is 3.95. The minimum atomic E-state index is -0.975. The molecule has 0 fully saturated rings. The van der Waals surface area contributed by atoms with Gasteiger partial charge >= 0.3 is 11.9 Å². The summed E-state index contributed by atoms with van der Waals surface area (Å²) < 4.78 is 0. The molecule has 0 aliphatic carbocycles. The Labute approximate surface area is 149 Å². The highest BCUT2D eigenvalue weighted by molar-refractivity contribution is 9.12. The van der Waals surface area contributed by atoms with Crippen molar-refractivity contribution in [2.75, 3.05) is 0 Å². The van der Waals surface area contributed by atoms with Crippen LogP contribution in [0, 0.1) is 0 Å². The van der Waals surface area contributed by atoms with E-state index < -0.39 is 31.2 Å². The summed E-state index contributed by atoms with van der Waals surface area (Å²) in [6, 6.07) is 7.09. The molecule has 0 amide bonds. The second-order valence-corrected chi connectivity index (χ2v) is 7.90. The second kappa shape index (κ2) is 7.91. The van der Waals surface area contributed by atoms with E-state index in [0.717, 1.165) is 11.1 Å². The molecule has 8 heteroatoms. The van der Waals surface area contributed by atoms with Gasteiger partial charge in [0, 0.05) is 0 Å². The monoisotopic (exact) mass is 534 g/mol. The fourth-order valence-corrected chi connectivity index (χ4v) is 3.12. The van der Waals surface area contributed by atoms with Crippen molar-refractivity contribution in [3.05, 3.63) is 35.4 Å². The third kappa shape index (κ3) is 4.54. The lowest BCUT2D eigenvalue weighted by Gasteiger charge is -2.17. The third-order valence-corrected chi connectivity index (χ3v) is 7.91. The first kappa shape index (κ1) is 18.1. The molecular formula is C12H10Br4O4. The summed E-state index contributed by atoms with van der Waals surface area (Å²) >= 11 is 12.9. The van der Waals surface area contributed by atoms with Crippen molar-refractivity contribution in [3.8, 4) is 0 Å². The highest BCUT2D eigenvalue weighted by Gasteiger charge is 2.27. The Kier molecular flexibility index (Phi) is 7.17. The molecule has 0 spiro atoms. The zero-order valence-corrected chi connectivity index (χ0v) is 16.2. The van der Waals surface area contributed by atoms with E-state index in [9.17, 15) is 9.59 Å². The van der Waals surface area contributed by atoms with Gasteiger partial charge in [-0.3, -0.25) is 9.59 Å². The summed E-state index contributed by atoms with van der Waals surface area (Å²) in [4.78, 5) is 19.5. The van der Waals surface area contributed by atoms with Gasteiger partial charge in [0.15, 0.2) is 0 Å². The van der Waals surface area contributed by atoms with Gasteiger partial charge < -0.3 is 10.2 Å². The fraction of sp³-hybridized carbons (Fsp3) is 0.333. The number of carboxylic acid groups (broad SMARTS) is 2. The molecule has 0 aromatic heterocycles. The Morgan fingerprint density at radius 3 is 1.50 bits per heavy atom. The lowest BCUT2D eigenvalue weighted by molar-refractivity contribution is -0.137. The predicted octanol–water partition coefficient (Wildman–Crippen LogP) is 4.25. The molecule has 0 aliphatic heterocycles. The van der Waals surface area contributed by atoms with Crippen LogP contribution in [0.2, 0.25) is 0 Å². The first-order valence-corrected chi connectivity index (χ1v) is 9.03. The lowest BCUT2D eigenvalue weighted by Crippen LogP contribution is -2.19. The number of carboxylic acids is 2. The zero-order chi connectivity index (χ0) is 15.4. The van der Waals surface area contributed by atoms with Crippen LogP contribution in [0.25, 0.3) is 0 Å². The molecular weight excluding hydrogens is 528 g/mol. The SMILES string of the molecule is O=C(O)[C@H](Br)[C@H](Br)c1cccc([C@@H](Br)[C@@H](Br)C(=O)O)c1. The van der Waals surface area contributed by atoms with Crippen molar-refractivity contribution in [3.63, 3.8) is 0 Å². The van der Waals surface area contributed by atoms with Gasteiger partial charge in [-0.25, -0.2) is 0 Å². The first-order chi connectivity index (χ1) is 9.25. The van der Waals surface area contributed by atoms with Crippen molar-refractivity contribution in [2.45, 2.75) is 19.3 Å². The number of benzene rings is 1. The van der Waals surface area contributed by atoms with Gasteiger partial charge in [0.25, 0.3) is 0 Å².